The topological polar surface area (TPSA) is 55.8 Å². The number of allylic oxidation sites excluding steroid dienone is 4. The molecule has 0 amide bonds. The summed E-state index contributed by atoms with van der Waals surface area (Å²) < 4.78 is 14.3. The van der Waals surface area contributed by atoms with E-state index in [1.807, 2.05) is 37.3 Å². The van der Waals surface area contributed by atoms with Crippen LogP contribution in [-0.2, 0) is 16.2 Å². The molecule has 2 aromatic carbocycles. The van der Waals surface area contributed by atoms with Crippen LogP contribution in [0.2, 0.25) is 0 Å². The Labute approximate surface area is 246 Å². The second-order valence-corrected chi connectivity index (χ2v) is 12.0. The Balaban J connectivity index is 1.62. The summed E-state index contributed by atoms with van der Waals surface area (Å²) in [7, 11) is 0. The highest BCUT2D eigenvalue weighted by Gasteiger charge is 2.43. The first-order chi connectivity index (χ1) is 18.4. The number of benzene rings is 2. The Kier molecular flexibility index (Phi) is 8.62. The van der Waals surface area contributed by atoms with Gasteiger partial charge in [-0.15, -0.1) is 0 Å². The molecule has 2 aromatic rings. The number of carbonyl (C=O) groups is 2. The van der Waals surface area contributed by atoms with Crippen molar-refractivity contribution in [3.8, 4) is 11.5 Å². The summed E-state index contributed by atoms with van der Waals surface area (Å²) in [5.74, 6) is 1.32. The average Bonchev–Trinajstić information content (AvgIpc) is 2.90. The predicted molar refractivity (Wildman–Crippen MR) is 160 cm³/mol. The van der Waals surface area contributed by atoms with Crippen molar-refractivity contribution in [1.82, 2.24) is 4.90 Å². The van der Waals surface area contributed by atoms with E-state index in [2.05, 4.69) is 56.4 Å². The zero-order valence-electron chi connectivity index (χ0n) is 21.9. The van der Waals surface area contributed by atoms with Crippen LogP contribution in [0.5, 0.6) is 11.5 Å². The molecule has 3 aliphatic rings. The number of hydrogen-bond acceptors (Lipinski definition) is 5. The van der Waals surface area contributed by atoms with E-state index in [1.165, 1.54) is 0 Å². The van der Waals surface area contributed by atoms with Crippen molar-refractivity contribution in [2.24, 2.45) is 0 Å². The number of halogens is 2. The summed E-state index contributed by atoms with van der Waals surface area (Å²) in [6.07, 6.45) is 5.53. The fourth-order valence-electron chi connectivity index (χ4n) is 5.97. The predicted octanol–water partition coefficient (Wildman–Crippen LogP) is 7.85. The van der Waals surface area contributed by atoms with Gasteiger partial charge in [-0.2, -0.15) is 0 Å². The third kappa shape index (κ3) is 5.20. The quantitative estimate of drug-likeness (QED) is 0.264. The first kappa shape index (κ1) is 27.4. The van der Waals surface area contributed by atoms with Gasteiger partial charge in [0, 0.05) is 57.9 Å². The Bertz CT molecular complexity index is 1290. The first-order valence-electron chi connectivity index (χ1n) is 13.6. The van der Waals surface area contributed by atoms with Gasteiger partial charge < -0.3 is 14.4 Å². The van der Waals surface area contributed by atoms with Crippen molar-refractivity contribution in [1.29, 1.82) is 0 Å². The molecule has 7 heteroatoms. The number of nitrogens with zero attached hydrogens (tertiary/aromatic N) is 1. The van der Waals surface area contributed by atoms with E-state index >= 15 is 0 Å². The lowest BCUT2D eigenvalue weighted by Gasteiger charge is -2.44. The summed E-state index contributed by atoms with van der Waals surface area (Å²) >= 11 is 5.90. The largest absolute Gasteiger partial charge is 0.490 e. The molecular weight excluding hydrogens is 657 g/mol. The molecule has 0 unspecified atom stereocenters. The van der Waals surface area contributed by atoms with E-state index in [1.54, 1.807) is 0 Å². The van der Waals surface area contributed by atoms with E-state index in [-0.39, 0.29) is 17.5 Å². The minimum absolute atomic E-state index is 0.171. The van der Waals surface area contributed by atoms with Gasteiger partial charge in [0.1, 0.15) is 6.61 Å². The van der Waals surface area contributed by atoms with Crippen molar-refractivity contribution in [2.45, 2.75) is 71.3 Å². The van der Waals surface area contributed by atoms with Crippen LogP contribution in [0.15, 0.2) is 63.4 Å². The normalized spacial score (nSPS) is 18.1. The Morgan fingerprint density at radius 2 is 1.61 bits per heavy atom. The molecule has 2 aliphatic carbocycles. The number of ketones is 2. The fourth-order valence-corrected chi connectivity index (χ4v) is 7.15. The zero-order chi connectivity index (χ0) is 26.8. The Morgan fingerprint density at radius 1 is 0.947 bits per heavy atom. The molecule has 38 heavy (non-hydrogen) atoms. The summed E-state index contributed by atoms with van der Waals surface area (Å²) in [5.41, 5.74) is 5.88. The number of rotatable bonds is 8. The highest BCUT2D eigenvalue weighted by Crippen LogP contribution is 2.50. The Morgan fingerprint density at radius 3 is 2.21 bits per heavy atom. The van der Waals surface area contributed by atoms with Crippen LogP contribution in [0.3, 0.4) is 0 Å². The third-order valence-corrected chi connectivity index (χ3v) is 9.10. The van der Waals surface area contributed by atoms with Crippen molar-refractivity contribution in [2.75, 3.05) is 13.2 Å². The van der Waals surface area contributed by atoms with Gasteiger partial charge in [0.2, 0.25) is 0 Å². The van der Waals surface area contributed by atoms with Gasteiger partial charge in [-0.05, 0) is 85.4 Å². The summed E-state index contributed by atoms with van der Waals surface area (Å²) in [6.45, 7) is 5.84. The number of carbonyl (C=O) groups excluding carboxylic acids is 2. The lowest BCUT2D eigenvalue weighted by molar-refractivity contribution is -0.117. The molecule has 1 aliphatic heterocycles. The van der Waals surface area contributed by atoms with Crippen molar-refractivity contribution in [3.05, 3.63) is 78.1 Å². The van der Waals surface area contributed by atoms with Gasteiger partial charge in [0.05, 0.1) is 10.2 Å². The van der Waals surface area contributed by atoms with Crippen molar-refractivity contribution >= 4 is 50.1 Å². The molecule has 5 rings (SSSR count). The minimum Gasteiger partial charge on any atom is -0.490 e. The van der Waals surface area contributed by atoms with Crippen LogP contribution in [0.25, 0.3) is 0 Å². The summed E-state index contributed by atoms with van der Waals surface area (Å²) in [5, 5.41) is 0. The van der Waals surface area contributed by atoms with Gasteiger partial charge in [-0.1, -0.05) is 41.1 Å². The van der Waals surface area contributed by atoms with Crippen LogP contribution in [0, 0.1) is 3.57 Å². The van der Waals surface area contributed by atoms with Gasteiger partial charge >= 0.3 is 0 Å². The molecule has 0 N–H and O–H groups in total. The smallest absolute Gasteiger partial charge is 0.174 e. The Hall–Kier alpha value is -2.13. The van der Waals surface area contributed by atoms with Crippen molar-refractivity contribution < 1.29 is 19.1 Å². The standard InChI is InChI=1S/C31H33BrINO4/c1-3-15-34-23-11-7-13-25(35)29(23)28(30-24(34)12-8-14-26(30)36)20-16-22(33)31(27(17-20)37-4-2)38-18-19-9-5-6-10-21(19)32/h5-6,9-10,16-17,28H,3-4,7-8,11-15,18H2,1-2H3. The molecule has 0 saturated heterocycles. The molecule has 5 nitrogen and oxygen atoms in total. The minimum atomic E-state index is -0.348. The first-order valence-corrected chi connectivity index (χ1v) is 15.4. The molecule has 200 valence electrons. The van der Waals surface area contributed by atoms with Crippen LogP contribution >= 0.6 is 38.5 Å². The molecule has 0 aromatic heterocycles. The molecule has 0 fully saturated rings. The maximum Gasteiger partial charge on any atom is 0.174 e. The lowest BCUT2D eigenvalue weighted by Crippen LogP contribution is -2.39. The van der Waals surface area contributed by atoms with Crippen LogP contribution in [-0.4, -0.2) is 29.6 Å². The van der Waals surface area contributed by atoms with Crippen LogP contribution in [0.1, 0.15) is 75.8 Å². The third-order valence-electron chi connectivity index (χ3n) is 7.53. The van der Waals surface area contributed by atoms with E-state index in [0.29, 0.717) is 37.6 Å². The van der Waals surface area contributed by atoms with Crippen LogP contribution in [0.4, 0.5) is 0 Å². The fraction of sp³-hybridized carbons (Fsp3) is 0.419. The van der Waals surface area contributed by atoms with Gasteiger partial charge in [-0.25, -0.2) is 0 Å². The SMILES string of the molecule is CCCN1C2=C(C(=O)CCC2)C(c2cc(I)c(OCc3ccccc3Br)c(OCC)c2)C2=C1CCCC2=O. The average molecular weight is 690 g/mol. The van der Waals surface area contributed by atoms with Crippen LogP contribution < -0.4 is 9.47 Å². The van der Waals surface area contributed by atoms with Gasteiger partial charge in [0.15, 0.2) is 23.1 Å². The molecule has 0 radical (unpaired) electrons. The monoisotopic (exact) mass is 689 g/mol. The van der Waals surface area contributed by atoms with E-state index in [4.69, 9.17) is 9.47 Å². The zero-order valence-corrected chi connectivity index (χ0v) is 25.7. The lowest BCUT2D eigenvalue weighted by atomic mass is 9.71. The van der Waals surface area contributed by atoms with E-state index in [0.717, 1.165) is 80.4 Å². The molecule has 0 saturated carbocycles. The van der Waals surface area contributed by atoms with E-state index < -0.39 is 0 Å². The highest BCUT2D eigenvalue weighted by atomic mass is 127. The molecular formula is C31H33BrINO4. The number of Topliss-reactive ketones (excluding diaryl/α,β-unsaturated/α-hetero) is 2. The van der Waals surface area contributed by atoms with Gasteiger partial charge in [-0.3, -0.25) is 9.59 Å². The molecule has 0 atom stereocenters. The molecule has 0 bridgehead atoms. The maximum absolute atomic E-state index is 13.5. The second kappa shape index (κ2) is 11.9. The molecule has 1 heterocycles. The highest BCUT2D eigenvalue weighted by molar-refractivity contribution is 14.1. The van der Waals surface area contributed by atoms with E-state index in [9.17, 15) is 9.59 Å². The molecule has 0 spiro atoms. The second-order valence-electron chi connectivity index (χ2n) is 10.0. The summed E-state index contributed by atoms with van der Waals surface area (Å²) in [6, 6.07) is 12.1. The summed E-state index contributed by atoms with van der Waals surface area (Å²) in [4.78, 5) is 29.4. The number of ether oxygens (including phenoxy) is 2. The maximum atomic E-state index is 13.5. The van der Waals surface area contributed by atoms with Gasteiger partial charge in [0.25, 0.3) is 0 Å². The number of hydrogen-bond donors (Lipinski definition) is 0. The van der Waals surface area contributed by atoms with Crippen molar-refractivity contribution in [3.63, 3.8) is 0 Å².